The molecule has 3 rings (SSSR count). The summed E-state index contributed by atoms with van der Waals surface area (Å²) in [5, 5.41) is 0.528. The highest BCUT2D eigenvalue weighted by Gasteiger charge is 2.24. The van der Waals surface area contributed by atoms with Crippen molar-refractivity contribution in [1.82, 2.24) is 4.72 Å². The number of halogens is 1. The van der Waals surface area contributed by atoms with Crippen LogP contribution in [0.15, 0.2) is 59.5 Å². The summed E-state index contributed by atoms with van der Waals surface area (Å²) < 4.78 is 27.6. The van der Waals surface area contributed by atoms with Gasteiger partial charge in [-0.1, -0.05) is 29.8 Å². The molecule has 1 heterocycles. The van der Waals surface area contributed by atoms with Crippen molar-refractivity contribution in [2.24, 2.45) is 0 Å². The molecule has 4 nitrogen and oxygen atoms in total. The van der Waals surface area contributed by atoms with E-state index in [0.717, 1.165) is 25.9 Å². The molecule has 6 heteroatoms. The molecule has 0 aromatic heterocycles. The summed E-state index contributed by atoms with van der Waals surface area (Å²) in [5.41, 5.74) is 1.19. The molecule has 2 aromatic carbocycles. The van der Waals surface area contributed by atoms with E-state index in [4.69, 9.17) is 11.6 Å². The standard InChI is InChI=1S/C17H19ClN2O2S/c18-14-6-8-17(9-7-14)23(21,22)19-15-10-12-20(13-11-15)16-4-2-1-3-5-16/h1-9,15,19H,10-13H2. The lowest BCUT2D eigenvalue weighted by Gasteiger charge is -2.33. The van der Waals surface area contributed by atoms with Crippen LogP contribution < -0.4 is 9.62 Å². The van der Waals surface area contributed by atoms with Gasteiger partial charge in [-0.2, -0.15) is 0 Å². The summed E-state index contributed by atoms with van der Waals surface area (Å²) >= 11 is 5.81. The third-order valence-corrected chi connectivity index (χ3v) is 5.85. The van der Waals surface area contributed by atoms with Crippen LogP contribution in [0.5, 0.6) is 0 Å². The minimum Gasteiger partial charge on any atom is -0.371 e. The quantitative estimate of drug-likeness (QED) is 0.920. The number of anilines is 1. The van der Waals surface area contributed by atoms with Crippen molar-refractivity contribution >= 4 is 27.3 Å². The van der Waals surface area contributed by atoms with Crippen molar-refractivity contribution in [1.29, 1.82) is 0 Å². The second-order valence-corrected chi connectivity index (χ2v) is 7.82. The molecule has 0 bridgehead atoms. The Hall–Kier alpha value is -1.56. The number of rotatable bonds is 4. The van der Waals surface area contributed by atoms with Gasteiger partial charge in [0.2, 0.25) is 10.0 Å². The van der Waals surface area contributed by atoms with Gasteiger partial charge in [0.1, 0.15) is 0 Å². The first-order valence-corrected chi connectivity index (χ1v) is 9.48. The van der Waals surface area contributed by atoms with Gasteiger partial charge in [0.05, 0.1) is 4.90 Å². The minimum atomic E-state index is -3.49. The fourth-order valence-corrected chi connectivity index (χ4v) is 4.23. The molecule has 0 amide bonds. The Morgan fingerprint density at radius 1 is 0.957 bits per heavy atom. The molecule has 0 aliphatic carbocycles. The van der Waals surface area contributed by atoms with Gasteiger partial charge in [0.25, 0.3) is 0 Å². The normalized spacial score (nSPS) is 16.5. The maximum absolute atomic E-state index is 12.4. The third kappa shape index (κ3) is 4.05. The van der Waals surface area contributed by atoms with Gasteiger partial charge in [0, 0.05) is 29.8 Å². The van der Waals surface area contributed by atoms with Gasteiger partial charge in [0.15, 0.2) is 0 Å². The Labute approximate surface area is 142 Å². The van der Waals surface area contributed by atoms with Crippen molar-refractivity contribution in [2.45, 2.75) is 23.8 Å². The summed E-state index contributed by atoms with van der Waals surface area (Å²) in [6, 6.07) is 16.4. The second-order valence-electron chi connectivity index (χ2n) is 5.67. The highest BCUT2D eigenvalue weighted by molar-refractivity contribution is 7.89. The zero-order chi connectivity index (χ0) is 16.3. The predicted molar refractivity (Wildman–Crippen MR) is 93.5 cm³/mol. The fourth-order valence-electron chi connectivity index (χ4n) is 2.80. The van der Waals surface area contributed by atoms with E-state index in [9.17, 15) is 8.42 Å². The Kier molecular flexibility index (Phi) is 4.90. The van der Waals surface area contributed by atoms with Gasteiger partial charge in [-0.3, -0.25) is 0 Å². The van der Waals surface area contributed by atoms with Crippen LogP contribution in [0, 0.1) is 0 Å². The number of benzene rings is 2. The van der Waals surface area contributed by atoms with Gasteiger partial charge in [-0.15, -0.1) is 0 Å². The van der Waals surface area contributed by atoms with Crippen LogP contribution in [0.25, 0.3) is 0 Å². The Morgan fingerprint density at radius 3 is 2.17 bits per heavy atom. The molecule has 1 aliphatic heterocycles. The molecule has 1 fully saturated rings. The molecule has 122 valence electrons. The first-order valence-electron chi connectivity index (χ1n) is 7.62. The van der Waals surface area contributed by atoms with E-state index in [2.05, 4.69) is 21.8 Å². The van der Waals surface area contributed by atoms with Crippen LogP contribution in [0.1, 0.15) is 12.8 Å². The molecule has 2 aromatic rings. The minimum absolute atomic E-state index is 0.0318. The average Bonchev–Trinajstić information content (AvgIpc) is 2.56. The zero-order valence-corrected chi connectivity index (χ0v) is 14.2. The van der Waals surface area contributed by atoms with E-state index in [-0.39, 0.29) is 10.9 Å². The summed E-state index contributed by atoms with van der Waals surface area (Å²) in [4.78, 5) is 2.54. The van der Waals surface area contributed by atoms with Crippen LogP contribution in [-0.2, 0) is 10.0 Å². The highest BCUT2D eigenvalue weighted by Crippen LogP contribution is 2.21. The Balaban J connectivity index is 1.61. The topological polar surface area (TPSA) is 49.4 Å². The van der Waals surface area contributed by atoms with Crippen molar-refractivity contribution in [2.75, 3.05) is 18.0 Å². The molecule has 0 spiro atoms. The van der Waals surface area contributed by atoms with E-state index in [0.29, 0.717) is 5.02 Å². The lowest BCUT2D eigenvalue weighted by Crippen LogP contribution is -2.44. The SMILES string of the molecule is O=S(=O)(NC1CCN(c2ccccc2)CC1)c1ccc(Cl)cc1. The molecule has 1 aliphatic rings. The Morgan fingerprint density at radius 2 is 1.57 bits per heavy atom. The van der Waals surface area contributed by atoms with E-state index in [1.807, 2.05) is 18.2 Å². The van der Waals surface area contributed by atoms with E-state index >= 15 is 0 Å². The summed E-state index contributed by atoms with van der Waals surface area (Å²) in [6.45, 7) is 1.69. The summed E-state index contributed by atoms with van der Waals surface area (Å²) in [7, 11) is -3.49. The largest absolute Gasteiger partial charge is 0.371 e. The zero-order valence-electron chi connectivity index (χ0n) is 12.7. The first kappa shape index (κ1) is 16.3. The Bertz CT molecular complexity index is 740. The van der Waals surface area contributed by atoms with Gasteiger partial charge >= 0.3 is 0 Å². The third-order valence-electron chi connectivity index (χ3n) is 4.06. The molecule has 23 heavy (non-hydrogen) atoms. The first-order chi connectivity index (χ1) is 11.0. The second kappa shape index (κ2) is 6.91. The van der Waals surface area contributed by atoms with Crippen LogP contribution in [0.3, 0.4) is 0 Å². The molecular formula is C17H19ClN2O2S. The van der Waals surface area contributed by atoms with Crippen LogP contribution in [0.2, 0.25) is 5.02 Å². The smallest absolute Gasteiger partial charge is 0.240 e. The molecule has 1 N–H and O–H groups in total. The monoisotopic (exact) mass is 350 g/mol. The van der Waals surface area contributed by atoms with E-state index < -0.39 is 10.0 Å². The molecule has 0 unspecified atom stereocenters. The number of sulfonamides is 1. The highest BCUT2D eigenvalue weighted by atomic mass is 35.5. The van der Waals surface area contributed by atoms with E-state index in [1.165, 1.54) is 17.8 Å². The van der Waals surface area contributed by atoms with Crippen molar-refractivity contribution in [3.05, 3.63) is 59.6 Å². The van der Waals surface area contributed by atoms with Crippen LogP contribution in [0.4, 0.5) is 5.69 Å². The number of piperidine rings is 1. The average molecular weight is 351 g/mol. The maximum atomic E-state index is 12.4. The molecule has 1 saturated heterocycles. The maximum Gasteiger partial charge on any atom is 0.240 e. The van der Waals surface area contributed by atoms with Crippen molar-refractivity contribution in [3.8, 4) is 0 Å². The molecule has 0 radical (unpaired) electrons. The lowest BCUT2D eigenvalue weighted by molar-refractivity contribution is 0.460. The number of nitrogens with one attached hydrogen (secondary N) is 1. The van der Waals surface area contributed by atoms with Crippen LogP contribution in [-0.4, -0.2) is 27.5 Å². The summed E-state index contributed by atoms with van der Waals surface area (Å²) in [6.07, 6.45) is 1.59. The van der Waals surface area contributed by atoms with Gasteiger partial charge in [-0.25, -0.2) is 13.1 Å². The van der Waals surface area contributed by atoms with E-state index in [1.54, 1.807) is 12.1 Å². The number of para-hydroxylation sites is 1. The summed E-state index contributed by atoms with van der Waals surface area (Å²) in [5.74, 6) is 0. The van der Waals surface area contributed by atoms with Gasteiger partial charge in [-0.05, 0) is 49.2 Å². The number of hydrogen-bond donors (Lipinski definition) is 1. The molecule has 0 saturated carbocycles. The van der Waals surface area contributed by atoms with Gasteiger partial charge < -0.3 is 4.90 Å². The number of hydrogen-bond acceptors (Lipinski definition) is 3. The van der Waals surface area contributed by atoms with Crippen LogP contribution >= 0.6 is 11.6 Å². The fraction of sp³-hybridized carbons (Fsp3) is 0.294. The lowest BCUT2D eigenvalue weighted by atomic mass is 10.1. The molecular weight excluding hydrogens is 332 g/mol. The van der Waals surface area contributed by atoms with Crippen molar-refractivity contribution in [3.63, 3.8) is 0 Å². The predicted octanol–water partition coefficient (Wildman–Crippen LogP) is 3.29. The number of nitrogens with zero attached hydrogens (tertiary/aromatic N) is 1. The molecule has 0 atom stereocenters. The van der Waals surface area contributed by atoms with Crippen molar-refractivity contribution < 1.29 is 8.42 Å².